The van der Waals surface area contributed by atoms with Crippen molar-refractivity contribution in [3.05, 3.63) is 77.6 Å². The lowest BCUT2D eigenvalue weighted by Gasteiger charge is -2.19. The molecule has 170 valence electrons. The molecule has 0 atom stereocenters. The maximum Gasteiger partial charge on any atom is 0.333 e. The minimum atomic E-state index is -4.37. The van der Waals surface area contributed by atoms with Gasteiger partial charge in [-0.1, -0.05) is 32.9 Å². The second kappa shape index (κ2) is 8.71. The number of halogens is 2. The number of aliphatic hydroxyl groups excluding tert-OH is 1. The average Bonchev–Trinajstić information content (AvgIpc) is 3.15. The number of carbonyl (C=O) groups is 1. The van der Waals surface area contributed by atoms with Gasteiger partial charge in [0.15, 0.2) is 11.6 Å². The predicted octanol–water partition coefficient (Wildman–Crippen LogP) is 4.06. The fourth-order valence-corrected chi connectivity index (χ4v) is 4.14. The molecule has 0 bridgehead atoms. The van der Waals surface area contributed by atoms with E-state index in [-0.39, 0.29) is 21.6 Å². The van der Waals surface area contributed by atoms with Gasteiger partial charge < -0.3 is 15.0 Å². The normalized spacial score (nSPS) is 11.9. The third-order valence-electron chi connectivity index (χ3n) is 4.76. The van der Waals surface area contributed by atoms with Crippen LogP contribution in [-0.4, -0.2) is 24.1 Å². The number of aromatic nitrogens is 1. The minimum absolute atomic E-state index is 0.0236. The Morgan fingerprint density at radius 3 is 2.25 bits per heavy atom. The number of anilines is 1. The molecule has 0 saturated carbocycles. The molecule has 1 heterocycles. The lowest BCUT2D eigenvalue weighted by atomic mass is 9.87. The molecular formula is C22H23F2N3O4S. The summed E-state index contributed by atoms with van der Waals surface area (Å²) in [4.78, 5) is 11.9. The van der Waals surface area contributed by atoms with Crippen LogP contribution in [0.15, 0.2) is 59.8 Å². The monoisotopic (exact) mass is 463 g/mol. The van der Waals surface area contributed by atoms with E-state index in [0.717, 1.165) is 23.9 Å². The molecule has 3 N–H and O–H groups in total. The molecular weight excluding hydrogens is 440 g/mol. The third kappa shape index (κ3) is 5.14. The van der Waals surface area contributed by atoms with Gasteiger partial charge in [0.1, 0.15) is 4.90 Å². The molecule has 0 radical (unpaired) electrons. The summed E-state index contributed by atoms with van der Waals surface area (Å²) < 4.78 is 55.3. The van der Waals surface area contributed by atoms with Crippen LogP contribution in [0.2, 0.25) is 0 Å². The molecule has 0 aliphatic heterocycles. The highest BCUT2D eigenvalue weighted by molar-refractivity contribution is 7.90. The lowest BCUT2D eigenvalue weighted by Crippen LogP contribution is -2.34. The van der Waals surface area contributed by atoms with Crippen molar-refractivity contribution in [3.8, 4) is 5.69 Å². The number of rotatable bonds is 5. The third-order valence-corrected chi connectivity index (χ3v) is 6.17. The zero-order valence-corrected chi connectivity index (χ0v) is 18.5. The largest absolute Gasteiger partial charge is 0.392 e. The quantitative estimate of drug-likeness (QED) is 0.531. The van der Waals surface area contributed by atoms with E-state index in [2.05, 4.69) is 5.32 Å². The minimum Gasteiger partial charge on any atom is -0.392 e. The van der Waals surface area contributed by atoms with Crippen LogP contribution < -0.4 is 10.0 Å². The molecule has 0 aliphatic carbocycles. The first-order chi connectivity index (χ1) is 14.9. The standard InChI is InChI=1S/C22H23F2N3O4S/c1-22(2,3)15-4-6-16(7-5-15)25-21(29)26-32(30,31)20-12-27(11-14(20)13-28)17-8-9-18(23)19(24)10-17/h4-12,28H,13H2,1-3H3,(H2,25,26,29). The number of nitrogens with zero attached hydrogens (tertiary/aromatic N) is 1. The predicted molar refractivity (Wildman–Crippen MR) is 116 cm³/mol. The van der Waals surface area contributed by atoms with E-state index >= 15 is 0 Å². The topological polar surface area (TPSA) is 100 Å². The Morgan fingerprint density at radius 2 is 1.69 bits per heavy atom. The molecule has 0 spiro atoms. The van der Waals surface area contributed by atoms with Crippen molar-refractivity contribution < 1.29 is 27.1 Å². The second-order valence-corrected chi connectivity index (χ2v) is 9.85. The molecule has 0 fully saturated rings. The number of nitrogens with one attached hydrogen (secondary N) is 2. The molecule has 3 rings (SSSR count). The summed E-state index contributed by atoms with van der Waals surface area (Å²) in [5.74, 6) is -2.16. The van der Waals surface area contributed by atoms with Crippen LogP contribution >= 0.6 is 0 Å². The number of hydrogen-bond acceptors (Lipinski definition) is 4. The summed E-state index contributed by atoms with van der Waals surface area (Å²) >= 11 is 0. The van der Waals surface area contributed by atoms with Crippen molar-refractivity contribution in [2.24, 2.45) is 0 Å². The van der Waals surface area contributed by atoms with E-state index in [1.54, 1.807) is 12.1 Å². The highest BCUT2D eigenvalue weighted by atomic mass is 32.2. The van der Waals surface area contributed by atoms with Crippen molar-refractivity contribution in [2.75, 3.05) is 5.32 Å². The van der Waals surface area contributed by atoms with Gasteiger partial charge in [-0.3, -0.25) is 0 Å². The maximum atomic E-state index is 13.5. The Labute approximate surface area is 184 Å². The summed E-state index contributed by atoms with van der Waals surface area (Å²) in [5, 5.41) is 12.0. The van der Waals surface area contributed by atoms with Crippen molar-refractivity contribution in [2.45, 2.75) is 37.7 Å². The Balaban J connectivity index is 1.80. The Kier molecular flexibility index (Phi) is 6.38. The van der Waals surface area contributed by atoms with Crippen LogP contribution in [0, 0.1) is 11.6 Å². The number of hydrogen-bond donors (Lipinski definition) is 3. The SMILES string of the molecule is CC(C)(C)c1ccc(NC(=O)NS(=O)(=O)c2cn(-c3ccc(F)c(F)c3)cc2CO)cc1. The molecule has 1 aromatic heterocycles. The van der Waals surface area contributed by atoms with E-state index in [0.29, 0.717) is 5.69 Å². The van der Waals surface area contributed by atoms with Crippen LogP contribution in [0.3, 0.4) is 0 Å². The fourth-order valence-electron chi connectivity index (χ4n) is 3.02. The highest BCUT2D eigenvalue weighted by Crippen LogP contribution is 2.24. The van der Waals surface area contributed by atoms with Gasteiger partial charge in [-0.25, -0.2) is 26.7 Å². The highest BCUT2D eigenvalue weighted by Gasteiger charge is 2.24. The van der Waals surface area contributed by atoms with E-state index in [9.17, 15) is 27.1 Å². The van der Waals surface area contributed by atoms with Crippen LogP contribution in [0.1, 0.15) is 31.9 Å². The number of sulfonamides is 1. The summed E-state index contributed by atoms with van der Waals surface area (Å²) in [6, 6.07) is 9.01. The lowest BCUT2D eigenvalue weighted by molar-refractivity contribution is 0.256. The summed E-state index contributed by atoms with van der Waals surface area (Å²) in [5.41, 5.74) is 1.48. The molecule has 2 aromatic carbocycles. The van der Waals surface area contributed by atoms with Gasteiger partial charge in [-0.05, 0) is 35.2 Å². The molecule has 2 amide bonds. The van der Waals surface area contributed by atoms with Gasteiger partial charge in [0.25, 0.3) is 10.0 Å². The number of urea groups is 1. The van der Waals surface area contributed by atoms with Gasteiger partial charge in [0.2, 0.25) is 0 Å². The van der Waals surface area contributed by atoms with Crippen LogP contribution in [0.25, 0.3) is 5.69 Å². The summed E-state index contributed by atoms with van der Waals surface area (Å²) in [6.07, 6.45) is 2.36. The zero-order chi connectivity index (χ0) is 23.7. The van der Waals surface area contributed by atoms with Gasteiger partial charge in [0, 0.05) is 35.4 Å². The van der Waals surface area contributed by atoms with Crippen molar-refractivity contribution in [1.82, 2.24) is 9.29 Å². The van der Waals surface area contributed by atoms with E-state index in [1.165, 1.54) is 16.8 Å². The molecule has 0 saturated heterocycles. The fraction of sp³-hybridized carbons (Fsp3) is 0.227. The van der Waals surface area contributed by atoms with Crippen LogP contribution in [-0.2, 0) is 22.0 Å². The molecule has 0 unspecified atom stereocenters. The van der Waals surface area contributed by atoms with Gasteiger partial charge in [-0.15, -0.1) is 0 Å². The first-order valence-corrected chi connectivity index (χ1v) is 11.1. The molecule has 0 aliphatic rings. The Morgan fingerprint density at radius 1 is 1.03 bits per heavy atom. The number of benzene rings is 2. The average molecular weight is 464 g/mol. The zero-order valence-electron chi connectivity index (χ0n) is 17.7. The molecule has 10 heteroatoms. The van der Waals surface area contributed by atoms with Crippen LogP contribution in [0.4, 0.5) is 19.3 Å². The molecule has 3 aromatic rings. The van der Waals surface area contributed by atoms with E-state index in [1.807, 2.05) is 37.6 Å². The van der Waals surface area contributed by atoms with Gasteiger partial charge in [-0.2, -0.15) is 0 Å². The first kappa shape index (κ1) is 23.4. The van der Waals surface area contributed by atoms with Crippen molar-refractivity contribution in [1.29, 1.82) is 0 Å². The van der Waals surface area contributed by atoms with E-state index in [4.69, 9.17) is 0 Å². The first-order valence-electron chi connectivity index (χ1n) is 9.62. The Bertz CT molecular complexity index is 1250. The summed E-state index contributed by atoms with van der Waals surface area (Å²) in [7, 11) is -4.37. The number of carbonyl (C=O) groups excluding carboxylic acids is 1. The molecule has 32 heavy (non-hydrogen) atoms. The van der Waals surface area contributed by atoms with Crippen molar-refractivity contribution >= 4 is 21.7 Å². The number of amides is 2. The smallest absolute Gasteiger partial charge is 0.333 e. The summed E-state index contributed by atoms with van der Waals surface area (Å²) in [6.45, 7) is 5.47. The number of aliphatic hydroxyl groups is 1. The van der Waals surface area contributed by atoms with Crippen molar-refractivity contribution in [3.63, 3.8) is 0 Å². The second-order valence-electron chi connectivity index (χ2n) is 8.20. The Hall–Kier alpha value is -3.24. The van der Waals surface area contributed by atoms with E-state index < -0.39 is 34.3 Å². The maximum absolute atomic E-state index is 13.5. The molecule has 7 nitrogen and oxygen atoms in total. The van der Waals surface area contributed by atoms with Crippen LogP contribution in [0.5, 0.6) is 0 Å². The van der Waals surface area contributed by atoms with Gasteiger partial charge in [0.05, 0.1) is 6.61 Å². The van der Waals surface area contributed by atoms with Gasteiger partial charge >= 0.3 is 6.03 Å².